The third-order valence-electron chi connectivity index (χ3n) is 3.21. The van der Waals surface area contributed by atoms with E-state index in [2.05, 4.69) is 22.9 Å². The molecule has 2 saturated heterocycles. The van der Waals surface area contributed by atoms with E-state index in [0.29, 0.717) is 0 Å². The van der Waals surface area contributed by atoms with E-state index in [1.54, 1.807) is 0 Å². The third kappa shape index (κ3) is 4.40. The first-order chi connectivity index (χ1) is 6.86. The number of likely N-dealkylation sites (N-methyl/N-ethyl adjacent to an activating group) is 1. The lowest BCUT2D eigenvalue weighted by molar-refractivity contribution is 0.563. The Hall–Kier alpha value is -0.120. The highest BCUT2D eigenvalue weighted by Crippen LogP contribution is 2.09. The zero-order chi connectivity index (χ0) is 10.2. The Morgan fingerprint density at radius 2 is 1.86 bits per heavy atom. The second-order valence-corrected chi connectivity index (χ2v) is 4.25. The van der Waals surface area contributed by atoms with Gasteiger partial charge in [0.15, 0.2) is 0 Å². The first-order valence-electron chi connectivity index (χ1n) is 5.95. The van der Waals surface area contributed by atoms with Crippen molar-refractivity contribution in [3.63, 3.8) is 0 Å². The fourth-order valence-electron chi connectivity index (χ4n) is 1.96. The van der Waals surface area contributed by atoms with Gasteiger partial charge in [-0.05, 0) is 45.4 Å². The Morgan fingerprint density at radius 1 is 1.14 bits per heavy atom. The zero-order valence-corrected chi connectivity index (χ0v) is 9.60. The molecule has 0 aliphatic carbocycles. The maximum atomic E-state index is 3.32. The molecule has 0 spiro atoms. The average molecular weight is 199 g/mol. The molecule has 0 aromatic heterocycles. The Kier molecular flexibility index (Phi) is 6.15. The summed E-state index contributed by atoms with van der Waals surface area (Å²) < 4.78 is 0. The summed E-state index contributed by atoms with van der Waals surface area (Å²) in [6.07, 6.45) is 4.04. The van der Waals surface area contributed by atoms with Crippen LogP contribution in [0.5, 0.6) is 0 Å². The minimum Gasteiger partial charge on any atom is -0.316 e. The van der Waals surface area contributed by atoms with Crippen LogP contribution in [0.2, 0.25) is 0 Å². The number of hydrogen-bond acceptors (Lipinski definition) is 3. The largest absolute Gasteiger partial charge is 0.316 e. The van der Waals surface area contributed by atoms with Gasteiger partial charge in [0, 0.05) is 12.6 Å². The van der Waals surface area contributed by atoms with Gasteiger partial charge in [0.2, 0.25) is 0 Å². The van der Waals surface area contributed by atoms with Crippen molar-refractivity contribution in [2.24, 2.45) is 5.92 Å². The van der Waals surface area contributed by atoms with Crippen molar-refractivity contribution in [1.82, 2.24) is 16.0 Å². The van der Waals surface area contributed by atoms with Crippen LogP contribution < -0.4 is 16.0 Å². The SMILES string of the molecule is CC[C@H]1CCNC1.CN[C@H]1CCNC1. The fourth-order valence-corrected chi connectivity index (χ4v) is 1.96. The molecule has 2 aliphatic heterocycles. The molecule has 14 heavy (non-hydrogen) atoms. The molecule has 2 aliphatic rings. The van der Waals surface area contributed by atoms with E-state index in [9.17, 15) is 0 Å². The van der Waals surface area contributed by atoms with E-state index >= 15 is 0 Å². The van der Waals surface area contributed by atoms with Crippen molar-refractivity contribution in [3.05, 3.63) is 0 Å². The van der Waals surface area contributed by atoms with Gasteiger partial charge in [0.05, 0.1) is 0 Å². The molecular formula is C11H25N3. The monoisotopic (exact) mass is 199 g/mol. The summed E-state index contributed by atoms with van der Waals surface area (Å²) in [7, 11) is 2.01. The molecule has 0 radical (unpaired) electrons. The molecule has 0 unspecified atom stereocenters. The highest BCUT2D eigenvalue weighted by molar-refractivity contribution is 4.74. The molecule has 0 amide bonds. The standard InChI is InChI=1S/C6H13N.C5H12N2/c1-2-6-3-4-7-5-6;1-6-5-2-3-7-4-5/h6-7H,2-5H2,1H3;5-7H,2-4H2,1H3/t6-;5-/m00/s1. The van der Waals surface area contributed by atoms with Gasteiger partial charge in [0.1, 0.15) is 0 Å². The molecule has 3 nitrogen and oxygen atoms in total. The summed E-state index contributed by atoms with van der Waals surface area (Å²) >= 11 is 0. The predicted octanol–water partition coefficient (Wildman–Crippen LogP) is 0.574. The summed E-state index contributed by atoms with van der Waals surface area (Å²) in [5.41, 5.74) is 0. The summed E-state index contributed by atoms with van der Waals surface area (Å²) in [5, 5.41) is 9.79. The van der Waals surface area contributed by atoms with E-state index < -0.39 is 0 Å². The van der Waals surface area contributed by atoms with E-state index in [-0.39, 0.29) is 0 Å². The summed E-state index contributed by atoms with van der Waals surface area (Å²) in [5.74, 6) is 0.986. The van der Waals surface area contributed by atoms with Crippen molar-refractivity contribution in [3.8, 4) is 0 Å². The molecule has 2 rings (SSSR count). The topological polar surface area (TPSA) is 36.1 Å². The normalized spacial score (nSPS) is 31.3. The van der Waals surface area contributed by atoms with Crippen LogP contribution in [0.15, 0.2) is 0 Å². The van der Waals surface area contributed by atoms with E-state index in [4.69, 9.17) is 0 Å². The molecule has 2 heterocycles. The second-order valence-electron chi connectivity index (χ2n) is 4.25. The van der Waals surface area contributed by atoms with Gasteiger partial charge in [-0.15, -0.1) is 0 Å². The number of nitrogens with one attached hydrogen (secondary N) is 3. The Labute approximate surface area is 88.0 Å². The minimum absolute atomic E-state index is 0.736. The number of hydrogen-bond donors (Lipinski definition) is 3. The van der Waals surface area contributed by atoms with Crippen molar-refractivity contribution in [1.29, 1.82) is 0 Å². The van der Waals surface area contributed by atoms with Crippen molar-refractivity contribution in [2.75, 3.05) is 33.2 Å². The van der Waals surface area contributed by atoms with Gasteiger partial charge in [-0.25, -0.2) is 0 Å². The number of rotatable bonds is 2. The summed E-state index contributed by atoms with van der Waals surface area (Å²) in [6.45, 7) is 7.11. The van der Waals surface area contributed by atoms with Gasteiger partial charge in [-0.3, -0.25) is 0 Å². The highest BCUT2D eigenvalue weighted by atomic mass is 15.0. The molecular weight excluding hydrogens is 174 g/mol. The Balaban J connectivity index is 0.000000140. The molecule has 3 N–H and O–H groups in total. The van der Waals surface area contributed by atoms with Crippen LogP contribution in [0.1, 0.15) is 26.2 Å². The molecule has 0 aromatic carbocycles. The lowest BCUT2D eigenvalue weighted by Gasteiger charge is -2.02. The van der Waals surface area contributed by atoms with Gasteiger partial charge in [-0.2, -0.15) is 0 Å². The van der Waals surface area contributed by atoms with Crippen LogP contribution >= 0.6 is 0 Å². The van der Waals surface area contributed by atoms with Crippen LogP contribution in [0.3, 0.4) is 0 Å². The highest BCUT2D eigenvalue weighted by Gasteiger charge is 2.10. The van der Waals surface area contributed by atoms with E-state index in [1.165, 1.54) is 38.9 Å². The molecule has 0 saturated carbocycles. The lowest BCUT2D eigenvalue weighted by Crippen LogP contribution is -2.26. The summed E-state index contributed by atoms with van der Waals surface area (Å²) in [4.78, 5) is 0. The summed E-state index contributed by atoms with van der Waals surface area (Å²) in [6, 6.07) is 0.736. The Morgan fingerprint density at radius 3 is 2.14 bits per heavy atom. The maximum Gasteiger partial charge on any atom is 0.0201 e. The first-order valence-corrected chi connectivity index (χ1v) is 5.95. The van der Waals surface area contributed by atoms with Crippen LogP contribution in [0.4, 0.5) is 0 Å². The van der Waals surface area contributed by atoms with Crippen LogP contribution in [-0.4, -0.2) is 39.3 Å². The average Bonchev–Trinajstić information content (AvgIpc) is 2.92. The smallest absolute Gasteiger partial charge is 0.0201 e. The van der Waals surface area contributed by atoms with Gasteiger partial charge >= 0.3 is 0 Å². The van der Waals surface area contributed by atoms with E-state index in [0.717, 1.165) is 18.5 Å². The molecule has 2 fully saturated rings. The van der Waals surface area contributed by atoms with Gasteiger partial charge in [-0.1, -0.05) is 13.3 Å². The molecule has 0 bridgehead atoms. The molecule has 84 valence electrons. The van der Waals surface area contributed by atoms with E-state index in [1.807, 2.05) is 7.05 Å². The third-order valence-corrected chi connectivity index (χ3v) is 3.21. The molecule has 3 heteroatoms. The quantitative estimate of drug-likeness (QED) is 0.609. The van der Waals surface area contributed by atoms with Crippen LogP contribution in [0, 0.1) is 5.92 Å². The molecule has 0 aromatic rings. The zero-order valence-electron chi connectivity index (χ0n) is 9.60. The van der Waals surface area contributed by atoms with Gasteiger partial charge < -0.3 is 16.0 Å². The van der Waals surface area contributed by atoms with Gasteiger partial charge in [0.25, 0.3) is 0 Å². The second kappa shape index (κ2) is 7.21. The molecule has 2 atom stereocenters. The maximum absolute atomic E-state index is 3.32. The minimum atomic E-state index is 0.736. The van der Waals surface area contributed by atoms with Crippen LogP contribution in [-0.2, 0) is 0 Å². The fraction of sp³-hybridized carbons (Fsp3) is 1.00. The first kappa shape index (κ1) is 12.0. The Bertz CT molecular complexity index is 110. The van der Waals surface area contributed by atoms with Crippen molar-refractivity contribution < 1.29 is 0 Å². The predicted molar refractivity (Wildman–Crippen MR) is 61.6 cm³/mol. The van der Waals surface area contributed by atoms with Crippen LogP contribution in [0.25, 0.3) is 0 Å². The lowest BCUT2D eigenvalue weighted by atomic mass is 10.1. The van der Waals surface area contributed by atoms with Crippen molar-refractivity contribution in [2.45, 2.75) is 32.2 Å². The van der Waals surface area contributed by atoms with Crippen molar-refractivity contribution >= 4 is 0 Å².